The smallest absolute Gasteiger partial charge is 0.241 e. The summed E-state index contributed by atoms with van der Waals surface area (Å²) in [7, 11) is 1.47. The Bertz CT molecular complexity index is 747. The van der Waals surface area contributed by atoms with Crippen LogP contribution in [0.25, 0.3) is 6.08 Å². The number of carbonyl (C=O) groups excluding carboxylic acids is 1. The lowest BCUT2D eigenvalue weighted by Crippen LogP contribution is -2.05. The monoisotopic (exact) mass is 335 g/mol. The highest BCUT2D eigenvalue weighted by molar-refractivity contribution is 6.32. The second-order valence-electron chi connectivity index (χ2n) is 4.69. The summed E-state index contributed by atoms with van der Waals surface area (Å²) in [6.07, 6.45) is 2.74. The lowest BCUT2D eigenvalue weighted by Gasteiger charge is -2.13. The summed E-state index contributed by atoms with van der Waals surface area (Å²) >= 11 is 6.20. The van der Waals surface area contributed by atoms with E-state index in [1.807, 2.05) is 0 Å². The molecule has 2 aromatic carbocycles. The Morgan fingerprint density at radius 2 is 2.13 bits per heavy atom. The minimum atomic E-state index is -0.563. The van der Waals surface area contributed by atoms with Gasteiger partial charge in [0.25, 0.3) is 0 Å². The van der Waals surface area contributed by atoms with E-state index in [-0.39, 0.29) is 12.4 Å². The number of rotatable bonds is 6. The van der Waals surface area contributed by atoms with Crippen LogP contribution in [0.1, 0.15) is 11.1 Å². The summed E-state index contributed by atoms with van der Waals surface area (Å²) < 4.78 is 24.1. The number of nitrogens with two attached hydrogens (primary N) is 1. The molecule has 0 heterocycles. The first-order valence-corrected chi connectivity index (χ1v) is 7.09. The molecule has 2 aromatic rings. The van der Waals surface area contributed by atoms with Crippen molar-refractivity contribution in [3.05, 3.63) is 64.4 Å². The van der Waals surface area contributed by atoms with Crippen LogP contribution in [-0.2, 0) is 11.4 Å². The normalized spacial score (nSPS) is 10.7. The Labute approximate surface area is 138 Å². The molecule has 4 nitrogen and oxygen atoms in total. The molecule has 0 atom stereocenters. The molecule has 1 amide bonds. The van der Waals surface area contributed by atoms with Crippen LogP contribution < -0.4 is 15.2 Å². The molecule has 0 saturated carbocycles. The van der Waals surface area contributed by atoms with Gasteiger partial charge < -0.3 is 15.2 Å². The molecule has 2 rings (SSSR count). The predicted octanol–water partition coefficient (Wildman–Crippen LogP) is 3.57. The van der Waals surface area contributed by atoms with E-state index in [4.69, 9.17) is 26.8 Å². The fourth-order valence-corrected chi connectivity index (χ4v) is 2.21. The third-order valence-corrected chi connectivity index (χ3v) is 3.24. The molecule has 6 heteroatoms. The van der Waals surface area contributed by atoms with Crippen LogP contribution in [-0.4, -0.2) is 13.0 Å². The van der Waals surface area contributed by atoms with Crippen molar-refractivity contribution in [2.75, 3.05) is 7.11 Å². The van der Waals surface area contributed by atoms with Crippen LogP contribution in [0.3, 0.4) is 0 Å². The lowest BCUT2D eigenvalue weighted by molar-refractivity contribution is -0.113. The number of methoxy groups -OCH3 is 1. The van der Waals surface area contributed by atoms with Crippen molar-refractivity contribution in [1.82, 2.24) is 0 Å². The maximum atomic E-state index is 13.2. The first-order valence-electron chi connectivity index (χ1n) is 6.72. The summed E-state index contributed by atoms with van der Waals surface area (Å²) in [5, 5.41) is 0.310. The second kappa shape index (κ2) is 7.65. The van der Waals surface area contributed by atoms with Crippen LogP contribution in [0, 0.1) is 5.82 Å². The minimum Gasteiger partial charge on any atom is -0.493 e. The van der Waals surface area contributed by atoms with E-state index in [0.717, 1.165) is 0 Å². The lowest BCUT2D eigenvalue weighted by atomic mass is 10.2. The summed E-state index contributed by atoms with van der Waals surface area (Å²) in [4.78, 5) is 10.8. The first-order chi connectivity index (χ1) is 11.0. The molecule has 0 fully saturated rings. The summed E-state index contributed by atoms with van der Waals surface area (Å²) in [6.45, 7) is 0.143. The Hall–Kier alpha value is -2.53. The molecule has 23 heavy (non-hydrogen) atoms. The fraction of sp³-hybridized carbons (Fsp3) is 0.118. The molecule has 0 bridgehead atoms. The largest absolute Gasteiger partial charge is 0.493 e. The third kappa shape index (κ3) is 4.72. The average Bonchev–Trinajstić information content (AvgIpc) is 2.51. The van der Waals surface area contributed by atoms with Crippen LogP contribution in [0.5, 0.6) is 11.5 Å². The number of carbonyl (C=O) groups is 1. The van der Waals surface area contributed by atoms with Gasteiger partial charge in [0, 0.05) is 6.08 Å². The van der Waals surface area contributed by atoms with Crippen LogP contribution >= 0.6 is 11.6 Å². The molecule has 0 spiro atoms. The van der Waals surface area contributed by atoms with E-state index < -0.39 is 5.91 Å². The highest BCUT2D eigenvalue weighted by Crippen LogP contribution is 2.37. The molecule has 0 radical (unpaired) electrons. The average molecular weight is 336 g/mol. The van der Waals surface area contributed by atoms with E-state index in [2.05, 4.69) is 0 Å². The van der Waals surface area contributed by atoms with Crippen molar-refractivity contribution in [2.45, 2.75) is 6.61 Å². The van der Waals surface area contributed by atoms with Gasteiger partial charge in [-0.05, 0) is 41.5 Å². The molecule has 0 aliphatic heterocycles. The van der Waals surface area contributed by atoms with Gasteiger partial charge >= 0.3 is 0 Å². The maximum Gasteiger partial charge on any atom is 0.241 e. The van der Waals surface area contributed by atoms with Gasteiger partial charge in [-0.15, -0.1) is 0 Å². The number of benzene rings is 2. The van der Waals surface area contributed by atoms with Crippen molar-refractivity contribution in [3.8, 4) is 11.5 Å². The number of halogens is 2. The van der Waals surface area contributed by atoms with Gasteiger partial charge in [0.05, 0.1) is 12.1 Å². The standard InChI is InChI=1S/C17H15ClFNO3/c1-22-15-9-11(5-6-16(20)21)8-14(18)17(15)23-10-12-3-2-4-13(19)7-12/h2-9H,10H2,1H3,(H2,20,21)/b6-5+. The topological polar surface area (TPSA) is 61.5 Å². The van der Waals surface area contributed by atoms with Gasteiger partial charge in [0.1, 0.15) is 12.4 Å². The Kier molecular flexibility index (Phi) is 5.60. The number of ether oxygens (including phenoxy) is 2. The Morgan fingerprint density at radius 3 is 2.78 bits per heavy atom. The van der Waals surface area contributed by atoms with Crippen LogP contribution in [0.2, 0.25) is 5.02 Å². The first kappa shape index (κ1) is 16.8. The Balaban J connectivity index is 2.22. The molecule has 0 unspecified atom stereocenters. The van der Waals surface area contributed by atoms with Gasteiger partial charge in [0.2, 0.25) is 5.91 Å². The van der Waals surface area contributed by atoms with E-state index in [1.165, 1.54) is 31.4 Å². The zero-order valence-electron chi connectivity index (χ0n) is 12.4. The number of hydrogen-bond donors (Lipinski definition) is 1. The Morgan fingerprint density at radius 1 is 1.35 bits per heavy atom. The van der Waals surface area contributed by atoms with E-state index in [9.17, 15) is 9.18 Å². The highest BCUT2D eigenvalue weighted by Gasteiger charge is 2.12. The fourth-order valence-electron chi connectivity index (χ4n) is 1.94. The zero-order valence-corrected chi connectivity index (χ0v) is 13.1. The van der Waals surface area contributed by atoms with Gasteiger partial charge in [-0.25, -0.2) is 4.39 Å². The molecule has 0 saturated heterocycles. The molecule has 0 aliphatic rings. The number of hydrogen-bond acceptors (Lipinski definition) is 3. The second-order valence-corrected chi connectivity index (χ2v) is 5.10. The van der Waals surface area contributed by atoms with Crippen molar-refractivity contribution in [3.63, 3.8) is 0 Å². The van der Waals surface area contributed by atoms with Crippen molar-refractivity contribution >= 4 is 23.6 Å². The number of amides is 1. The van der Waals surface area contributed by atoms with E-state index in [0.29, 0.717) is 27.6 Å². The third-order valence-electron chi connectivity index (χ3n) is 2.96. The predicted molar refractivity (Wildman–Crippen MR) is 87.0 cm³/mol. The summed E-state index contributed by atoms with van der Waals surface area (Å²) in [5.74, 6) is -0.157. The quantitative estimate of drug-likeness (QED) is 0.821. The zero-order chi connectivity index (χ0) is 16.8. The highest BCUT2D eigenvalue weighted by atomic mass is 35.5. The van der Waals surface area contributed by atoms with Crippen LogP contribution in [0.4, 0.5) is 4.39 Å². The molecular formula is C17H15ClFNO3. The van der Waals surface area contributed by atoms with Gasteiger partial charge in [-0.3, -0.25) is 4.79 Å². The summed E-state index contributed by atoms with van der Waals surface area (Å²) in [6, 6.07) is 9.36. The van der Waals surface area contributed by atoms with Crippen molar-refractivity contribution in [2.24, 2.45) is 5.73 Å². The minimum absolute atomic E-state index is 0.143. The SMILES string of the molecule is COc1cc(/C=C/C(N)=O)cc(Cl)c1OCc1cccc(F)c1. The van der Waals surface area contributed by atoms with Crippen molar-refractivity contribution in [1.29, 1.82) is 0 Å². The maximum absolute atomic E-state index is 13.2. The molecule has 0 aliphatic carbocycles. The van der Waals surface area contributed by atoms with Gasteiger partial charge in [-0.1, -0.05) is 23.7 Å². The van der Waals surface area contributed by atoms with Gasteiger partial charge in [0.15, 0.2) is 11.5 Å². The molecule has 0 aromatic heterocycles. The van der Waals surface area contributed by atoms with Crippen LogP contribution in [0.15, 0.2) is 42.5 Å². The number of primary amides is 1. The van der Waals surface area contributed by atoms with Crippen molar-refractivity contribution < 1.29 is 18.7 Å². The molecular weight excluding hydrogens is 321 g/mol. The van der Waals surface area contributed by atoms with E-state index in [1.54, 1.807) is 24.3 Å². The summed E-state index contributed by atoms with van der Waals surface area (Å²) in [5.41, 5.74) is 6.37. The van der Waals surface area contributed by atoms with E-state index >= 15 is 0 Å². The molecule has 120 valence electrons. The van der Waals surface area contributed by atoms with Gasteiger partial charge in [-0.2, -0.15) is 0 Å². The molecule has 2 N–H and O–H groups in total.